The smallest absolute Gasteiger partial charge is 0.287 e. The maximum Gasteiger partial charge on any atom is 0.287 e. The number of nitrogens with one attached hydrogen (secondary N) is 1. The lowest BCUT2D eigenvalue weighted by Gasteiger charge is -2.17. The van der Waals surface area contributed by atoms with Gasteiger partial charge in [-0.15, -0.1) is 0 Å². The molecular weight excluding hydrogens is 262 g/mol. The number of ether oxygens (including phenoxy) is 2. The molecule has 106 valence electrons. The molecule has 1 saturated heterocycles. The molecule has 0 amide bonds. The highest BCUT2D eigenvalue weighted by Crippen LogP contribution is 2.24. The van der Waals surface area contributed by atoms with Crippen molar-refractivity contribution in [3.05, 3.63) is 33.9 Å². The summed E-state index contributed by atoms with van der Waals surface area (Å²) in [7, 11) is 0. The Morgan fingerprint density at radius 3 is 2.90 bits per heavy atom. The minimum absolute atomic E-state index is 0.0314. The van der Waals surface area contributed by atoms with Gasteiger partial charge < -0.3 is 14.8 Å². The van der Waals surface area contributed by atoms with Crippen LogP contribution in [0.1, 0.15) is 19.4 Å². The number of anilines is 1. The molecule has 7 nitrogen and oxygen atoms in total. The average Bonchev–Trinajstić information content (AvgIpc) is 2.75. The molecule has 0 spiro atoms. The van der Waals surface area contributed by atoms with Gasteiger partial charge in [-0.1, -0.05) is 0 Å². The number of benzene rings is 1. The lowest BCUT2D eigenvalue weighted by Crippen LogP contribution is -2.26. The molecule has 1 heterocycles. The molecule has 1 unspecified atom stereocenters. The summed E-state index contributed by atoms with van der Waals surface area (Å²) in [5.74, 6) is -0.584. The highest BCUT2D eigenvalue weighted by atomic mass is 16.7. The van der Waals surface area contributed by atoms with E-state index in [4.69, 9.17) is 14.7 Å². The summed E-state index contributed by atoms with van der Waals surface area (Å²) in [6.07, 6.45) is -0.0919. The Kier molecular flexibility index (Phi) is 3.88. The monoisotopic (exact) mass is 277 g/mol. The molecule has 0 radical (unpaired) electrons. The first-order chi connectivity index (χ1) is 9.41. The van der Waals surface area contributed by atoms with Gasteiger partial charge in [-0.2, -0.15) is 5.26 Å². The van der Waals surface area contributed by atoms with Crippen molar-refractivity contribution >= 4 is 11.4 Å². The van der Waals surface area contributed by atoms with E-state index in [-0.39, 0.29) is 17.4 Å². The quantitative estimate of drug-likeness (QED) is 0.668. The zero-order valence-electron chi connectivity index (χ0n) is 11.3. The van der Waals surface area contributed by atoms with Crippen molar-refractivity contribution in [2.24, 2.45) is 0 Å². The molecule has 1 aliphatic rings. The normalized spacial score (nSPS) is 20.4. The van der Waals surface area contributed by atoms with E-state index in [2.05, 4.69) is 5.32 Å². The second-order valence-electron chi connectivity index (χ2n) is 4.93. The highest BCUT2D eigenvalue weighted by molar-refractivity contribution is 5.58. The van der Waals surface area contributed by atoms with E-state index in [1.54, 1.807) is 6.07 Å². The summed E-state index contributed by atoms with van der Waals surface area (Å²) in [6, 6.07) is 6.16. The first-order valence-electron chi connectivity index (χ1n) is 6.15. The van der Waals surface area contributed by atoms with E-state index < -0.39 is 10.7 Å². The predicted octanol–water partition coefficient (Wildman–Crippen LogP) is 2.03. The van der Waals surface area contributed by atoms with Gasteiger partial charge in [0.15, 0.2) is 5.79 Å². The number of hydrogen-bond acceptors (Lipinski definition) is 6. The molecule has 0 bridgehead atoms. The summed E-state index contributed by atoms with van der Waals surface area (Å²) in [4.78, 5) is 10.2. The van der Waals surface area contributed by atoms with Gasteiger partial charge in [-0.05, 0) is 26.0 Å². The zero-order valence-corrected chi connectivity index (χ0v) is 11.3. The maximum absolute atomic E-state index is 10.7. The zero-order chi connectivity index (χ0) is 14.8. The van der Waals surface area contributed by atoms with Gasteiger partial charge in [0.2, 0.25) is 0 Å². The third-order valence-corrected chi connectivity index (χ3v) is 2.91. The fraction of sp³-hybridized carbons (Fsp3) is 0.462. The minimum atomic E-state index is -0.584. The Labute approximate surface area is 116 Å². The van der Waals surface area contributed by atoms with Crippen LogP contribution in [0.4, 0.5) is 11.4 Å². The number of nitro benzene ring substituents is 1. The fourth-order valence-electron chi connectivity index (χ4n) is 1.99. The van der Waals surface area contributed by atoms with Crippen molar-refractivity contribution in [2.75, 3.05) is 18.5 Å². The molecule has 1 aromatic carbocycles. The number of hydrogen-bond donors (Lipinski definition) is 1. The average molecular weight is 277 g/mol. The van der Waals surface area contributed by atoms with Gasteiger partial charge in [-0.25, -0.2) is 0 Å². The van der Waals surface area contributed by atoms with Crippen LogP contribution < -0.4 is 5.32 Å². The fourth-order valence-corrected chi connectivity index (χ4v) is 1.99. The van der Waals surface area contributed by atoms with Crippen molar-refractivity contribution in [1.29, 1.82) is 5.26 Å². The summed E-state index contributed by atoms with van der Waals surface area (Å²) in [5, 5.41) is 22.7. The second-order valence-corrected chi connectivity index (χ2v) is 4.93. The Bertz CT molecular complexity index is 565. The molecule has 1 fully saturated rings. The van der Waals surface area contributed by atoms with Crippen LogP contribution in [0.2, 0.25) is 0 Å². The Hall–Kier alpha value is -2.17. The summed E-state index contributed by atoms with van der Waals surface area (Å²) < 4.78 is 11.1. The first-order valence-corrected chi connectivity index (χ1v) is 6.15. The molecule has 1 aliphatic heterocycles. The summed E-state index contributed by atoms with van der Waals surface area (Å²) >= 11 is 0. The van der Waals surface area contributed by atoms with Crippen molar-refractivity contribution < 1.29 is 14.4 Å². The van der Waals surface area contributed by atoms with Gasteiger partial charge in [0, 0.05) is 18.3 Å². The number of nitrogens with zero attached hydrogens (tertiary/aromatic N) is 2. The third-order valence-electron chi connectivity index (χ3n) is 2.91. The molecule has 1 aromatic rings. The van der Waals surface area contributed by atoms with Crippen molar-refractivity contribution in [1.82, 2.24) is 0 Å². The molecule has 20 heavy (non-hydrogen) atoms. The largest absolute Gasteiger partial charge is 0.382 e. The van der Waals surface area contributed by atoms with Crippen LogP contribution in [-0.2, 0) is 9.47 Å². The van der Waals surface area contributed by atoms with Crippen LogP contribution in [0.5, 0.6) is 0 Å². The molecule has 0 aliphatic carbocycles. The predicted molar refractivity (Wildman–Crippen MR) is 71.2 cm³/mol. The SMILES string of the molecule is CC1(C)OCC(CNc2ccc([N+](=O)[O-])c(C#N)c2)O1. The van der Waals surface area contributed by atoms with Gasteiger partial charge >= 0.3 is 0 Å². The van der Waals surface area contributed by atoms with E-state index in [0.717, 1.165) is 0 Å². The molecule has 0 saturated carbocycles. The molecule has 1 atom stereocenters. The Balaban J connectivity index is 2.01. The standard InChI is InChI=1S/C13H15N3O4/c1-13(2)19-8-11(20-13)7-15-10-3-4-12(16(17)18)9(5-10)6-14/h3-5,11,15H,7-8H2,1-2H3. The van der Waals surface area contributed by atoms with E-state index in [0.29, 0.717) is 18.8 Å². The molecule has 7 heteroatoms. The first kappa shape index (κ1) is 14.2. The summed E-state index contributed by atoms with van der Waals surface area (Å²) in [6.45, 7) is 4.67. The van der Waals surface area contributed by atoms with Gasteiger partial charge in [0.25, 0.3) is 5.69 Å². The van der Waals surface area contributed by atoms with Crippen LogP contribution in [0.25, 0.3) is 0 Å². The lowest BCUT2D eigenvalue weighted by atomic mass is 10.1. The number of rotatable bonds is 4. The second kappa shape index (κ2) is 5.45. The Morgan fingerprint density at radius 1 is 1.60 bits per heavy atom. The molecular formula is C13H15N3O4. The van der Waals surface area contributed by atoms with Crippen LogP contribution in [0.3, 0.4) is 0 Å². The van der Waals surface area contributed by atoms with E-state index in [1.165, 1.54) is 12.1 Å². The van der Waals surface area contributed by atoms with Gasteiger partial charge in [0.05, 0.1) is 11.5 Å². The van der Waals surface area contributed by atoms with Gasteiger partial charge in [-0.3, -0.25) is 10.1 Å². The van der Waals surface area contributed by atoms with Crippen LogP contribution >= 0.6 is 0 Å². The van der Waals surface area contributed by atoms with Crippen LogP contribution in [-0.4, -0.2) is 30.0 Å². The molecule has 1 N–H and O–H groups in total. The van der Waals surface area contributed by atoms with Crippen molar-refractivity contribution in [2.45, 2.75) is 25.7 Å². The van der Waals surface area contributed by atoms with E-state index in [9.17, 15) is 10.1 Å². The third kappa shape index (κ3) is 3.23. The maximum atomic E-state index is 10.7. The summed E-state index contributed by atoms with van der Waals surface area (Å²) in [5.41, 5.74) is 0.476. The van der Waals surface area contributed by atoms with Crippen molar-refractivity contribution in [3.8, 4) is 6.07 Å². The number of nitriles is 1. The van der Waals surface area contributed by atoms with Crippen molar-refractivity contribution in [3.63, 3.8) is 0 Å². The van der Waals surface area contributed by atoms with E-state index >= 15 is 0 Å². The lowest BCUT2D eigenvalue weighted by molar-refractivity contribution is -0.385. The topological polar surface area (TPSA) is 97.4 Å². The van der Waals surface area contributed by atoms with Crippen LogP contribution in [0.15, 0.2) is 18.2 Å². The van der Waals surface area contributed by atoms with Crippen LogP contribution in [0, 0.1) is 21.4 Å². The molecule has 0 aromatic heterocycles. The minimum Gasteiger partial charge on any atom is -0.382 e. The number of nitro groups is 1. The van der Waals surface area contributed by atoms with E-state index in [1.807, 2.05) is 19.9 Å². The molecule has 2 rings (SSSR count). The Morgan fingerprint density at radius 2 is 2.35 bits per heavy atom. The van der Waals surface area contributed by atoms with Gasteiger partial charge in [0.1, 0.15) is 17.7 Å². The highest BCUT2D eigenvalue weighted by Gasteiger charge is 2.32.